The monoisotopic (exact) mass is 417 g/mol. The van der Waals surface area contributed by atoms with Crippen molar-refractivity contribution in [3.05, 3.63) is 109 Å². The summed E-state index contributed by atoms with van der Waals surface area (Å²) in [7, 11) is 0. The number of anilines is 2. The van der Waals surface area contributed by atoms with Gasteiger partial charge in [-0.05, 0) is 41.3 Å². The molecule has 0 spiro atoms. The van der Waals surface area contributed by atoms with Crippen molar-refractivity contribution in [1.29, 1.82) is 0 Å². The highest BCUT2D eigenvalue weighted by atomic mass is 16.3. The highest BCUT2D eigenvalue weighted by Gasteiger charge is 2.17. The van der Waals surface area contributed by atoms with E-state index in [-0.39, 0.29) is 5.41 Å². The van der Waals surface area contributed by atoms with E-state index in [0.717, 1.165) is 44.8 Å². The van der Waals surface area contributed by atoms with Crippen LogP contribution in [0.25, 0.3) is 33.4 Å². The molecule has 2 heteroatoms. The molecule has 0 aliphatic carbocycles. The van der Waals surface area contributed by atoms with E-state index in [1.54, 1.807) is 0 Å². The smallest absolute Gasteiger partial charge is 0.142 e. The number of benzene rings is 4. The predicted molar refractivity (Wildman–Crippen MR) is 136 cm³/mol. The van der Waals surface area contributed by atoms with Crippen molar-refractivity contribution < 1.29 is 4.42 Å². The number of hydrogen-bond acceptors (Lipinski definition) is 2. The topological polar surface area (TPSA) is 25.2 Å². The molecule has 0 radical (unpaired) electrons. The Morgan fingerprint density at radius 3 is 1.66 bits per heavy atom. The van der Waals surface area contributed by atoms with Crippen molar-refractivity contribution in [3.63, 3.8) is 0 Å². The van der Waals surface area contributed by atoms with Crippen LogP contribution < -0.4 is 5.32 Å². The summed E-state index contributed by atoms with van der Waals surface area (Å²) < 4.78 is 6.47. The average molecular weight is 418 g/mol. The van der Waals surface area contributed by atoms with E-state index in [1.807, 2.05) is 36.4 Å². The quantitative estimate of drug-likeness (QED) is 0.316. The van der Waals surface area contributed by atoms with Gasteiger partial charge in [-0.3, -0.25) is 0 Å². The predicted octanol–water partition coefficient (Wildman–Crippen LogP) is 8.81. The first-order chi connectivity index (χ1) is 15.5. The number of furan rings is 1. The van der Waals surface area contributed by atoms with Gasteiger partial charge in [-0.2, -0.15) is 0 Å². The second kappa shape index (κ2) is 8.05. The van der Waals surface area contributed by atoms with E-state index in [9.17, 15) is 0 Å². The van der Waals surface area contributed by atoms with Crippen LogP contribution in [-0.2, 0) is 5.41 Å². The van der Waals surface area contributed by atoms with E-state index >= 15 is 0 Å². The van der Waals surface area contributed by atoms with Gasteiger partial charge in [0.1, 0.15) is 11.5 Å². The molecule has 4 aromatic carbocycles. The molecule has 158 valence electrons. The maximum atomic E-state index is 6.47. The zero-order valence-electron chi connectivity index (χ0n) is 18.7. The Morgan fingerprint density at radius 2 is 1.09 bits per heavy atom. The zero-order valence-corrected chi connectivity index (χ0v) is 18.7. The molecule has 0 amide bonds. The molecular weight excluding hydrogens is 390 g/mol. The maximum absolute atomic E-state index is 6.47. The molecular formula is C30H27NO. The molecule has 0 saturated carbocycles. The van der Waals surface area contributed by atoms with Gasteiger partial charge in [-0.15, -0.1) is 0 Å². The van der Waals surface area contributed by atoms with Crippen LogP contribution in [0.1, 0.15) is 26.3 Å². The fraction of sp³-hybridized carbons (Fsp3) is 0.133. The molecule has 1 N–H and O–H groups in total. The summed E-state index contributed by atoms with van der Waals surface area (Å²) in [5, 5.41) is 5.78. The van der Waals surface area contributed by atoms with Crippen LogP contribution in [0.4, 0.5) is 11.4 Å². The third-order valence-electron chi connectivity index (χ3n) is 5.82. The molecule has 32 heavy (non-hydrogen) atoms. The molecule has 5 rings (SSSR count). The normalized spacial score (nSPS) is 11.6. The van der Waals surface area contributed by atoms with Gasteiger partial charge in [0.15, 0.2) is 0 Å². The third kappa shape index (κ3) is 3.92. The molecule has 2 nitrogen and oxygen atoms in total. The lowest BCUT2D eigenvalue weighted by Gasteiger charge is -2.19. The van der Waals surface area contributed by atoms with Crippen LogP contribution in [0.15, 0.2) is 108 Å². The summed E-state index contributed by atoms with van der Waals surface area (Å²) in [6.07, 6.45) is 0. The Kier molecular flexibility index (Phi) is 5.07. The Morgan fingerprint density at radius 1 is 0.562 bits per heavy atom. The molecule has 5 aromatic rings. The van der Waals surface area contributed by atoms with Gasteiger partial charge in [0, 0.05) is 33.3 Å². The molecule has 0 unspecified atom stereocenters. The van der Waals surface area contributed by atoms with Crippen molar-refractivity contribution in [2.24, 2.45) is 0 Å². The fourth-order valence-corrected chi connectivity index (χ4v) is 4.05. The highest BCUT2D eigenvalue weighted by Crippen LogP contribution is 2.40. The van der Waals surface area contributed by atoms with Gasteiger partial charge >= 0.3 is 0 Å². The van der Waals surface area contributed by atoms with Gasteiger partial charge in [0.25, 0.3) is 0 Å². The van der Waals surface area contributed by atoms with Crippen molar-refractivity contribution in [2.45, 2.75) is 26.2 Å². The summed E-state index contributed by atoms with van der Waals surface area (Å²) in [5.74, 6) is 1.80. The second-order valence-corrected chi connectivity index (χ2v) is 9.21. The Hall–Kier alpha value is -3.78. The number of nitrogens with one attached hydrogen (secondary N) is 1. The minimum absolute atomic E-state index is 0.145. The number of fused-ring (bicyclic) bond motifs is 1. The van der Waals surface area contributed by atoms with E-state index in [2.05, 4.69) is 92.8 Å². The minimum Gasteiger partial charge on any atom is -0.455 e. The molecule has 1 aromatic heterocycles. The fourth-order valence-electron chi connectivity index (χ4n) is 4.05. The van der Waals surface area contributed by atoms with Crippen LogP contribution >= 0.6 is 0 Å². The van der Waals surface area contributed by atoms with E-state index < -0.39 is 0 Å². The summed E-state index contributed by atoms with van der Waals surface area (Å²) in [4.78, 5) is 0. The lowest BCUT2D eigenvalue weighted by molar-refractivity contribution is 0.590. The van der Waals surface area contributed by atoms with Crippen molar-refractivity contribution in [1.82, 2.24) is 0 Å². The van der Waals surface area contributed by atoms with Gasteiger partial charge in [-0.25, -0.2) is 0 Å². The average Bonchev–Trinajstić information content (AvgIpc) is 3.19. The largest absolute Gasteiger partial charge is 0.455 e. The van der Waals surface area contributed by atoms with E-state index in [4.69, 9.17) is 4.42 Å². The van der Waals surface area contributed by atoms with Crippen molar-refractivity contribution in [3.8, 4) is 22.6 Å². The first-order valence-corrected chi connectivity index (χ1v) is 11.0. The lowest BCUT2D eigenvalue weighted by atomic mass is 9.87. The first kappa shape index (κ1) is 20.1. The number of hydrogen-bond donors (Lipinski definition) is 1. The Bertz CT molecular complexity index is 1340. The van der Waals surface area contributed by atoms with E-state index in [1.165, 1.54) is 5.56 Å². The van der Waals surface area contributed by atoms with Gasteiger partial charge in [0.2, 0.25) is 0 Å². The van der Waals surface area contributed by atoms with Gasteiger partial charge < -0.3 is 9.73 Å². The third-order valence-corrected chi connectivity index (χ3v) is 5.82. The first-order valence-electron chi connectivity index (χ1n) is 11.0. The van der Waals surface area contributed by atoms with Crippen LogP contribution in [0, 0.1) is 0 Å². The summed E-state index contributed by atoms with van der Waals surface area (Å²) >= 11 is 0. The van der Waals surface area contributed by atoms with Crippen LogP contribution in [0.5, 0.6) is 0 Å². The second-order valence-electron chi connectivity index (χ2n) is 9.21. The molecule has 0 aliphatic heterocycles. The van der Waals surface area contributed by atoms with Gasteiger partial charge in [0.05, 0.1) is 0 Å². The Labute approximate surface area is 189 Å². The minimum atomic E-state index is 0.145. The highest BCUT2D eigenvalue weighted by molar-refractivity contribution is 6.04. The standard InChI is InChI=1S/C30H27NO/c1-30(2,3)23-14-16-24(17-15-23)31-25-18-19-26-27(20-25)29(22-12-8-5-9-13-22)32-28(26)21-10-6-4-7-11-21/h4-20,31H,1-3H3. The molecule has 0 saturated heterocycles. The van der Waals surface area contributed by atoms with E-state index in [0.29, 0.717) is 0 Å². The summed E-state index contributed by atoms with van der Waals surface area (Å²) in [5.41, 5.74) is 5.74. The van der Waals surface area contributed by atoms with Crippen molar-refractivity contribution in [2.75, 3.05) is 5.32 Å². The maximum Gasteiger partial charge on any atom is 0.142 e. The van der Waals surface area contributed by atoms with Crippen LogP contribution in [-0.4, -0.2) is 0 Å². The van der Waals surface area contributed by atoms with Crippen LogP contribution in [0.2, 0.25) is 0 Å². The van der Waals surface area contributed by atoms with Crippen LogP contribution in [0.3, 0.4) is 0 Å². The molecule has 0 aliphatic rings. The zero-order chi connectivity index (χ0) is 22.1. The van der Waals surface area contributed by atoms with Gasteiger partial charge in [-0.1, -0.05) is 93.6 Å². The lowest BCUT2D eigenvalue weighted by Crippen LogP contribution is -2.10. The molecule has 0 atom stereocenters. The molecule has 0 bridgehead atoms. The number of rotatable bonds is 4. The summed E-state index contributed by atoms with van der Waals surface area (Å²) in [6, 6.07) is 35.8. The summed E-state index contributed by atoms with van der Waals surface area (Å²) in [6.45, 7) is 6.70. The Balaban J connectivity index is 1.58. The molecule has 0 fully saturated rings. The molecule has 1 heterocycles. The SMILES string of the molecule is CC(C)(C)c1ccc(Nc2ccc3c(-c4ccccc4)oc(-c4ccccc4)c3c2)cc1. The van der Waals surface area contributed by atoms with Crippen molar-refractivity contribution >= 4 is 22.1 Å².